The van der Waals surface area contributed by atoms with Crippen molar-refractivity contribution >= 4 is 28.5 Å². The zero-order valence-electron chi connectivity index (χ0n) is 19.4. The van der Waals surface area contributed by atoms with Crippen LogP contribution in [0, 0.1) is 6.92 Å². The number of hydrogen-bond acceptors (Lipinski definition) is 7. The van der Waals surface area contributed by atoms with Gasteiger partial charge in [0.05, 0.1) is 5.39 Å². The van der Waals surface area contributed by atoms with Gasteiger partial charge in [0.1, 0.15) is 23.7 Å². The molecule has 36 heavy (non-hydrogen) atoms. The average Bonchev–Trinajstić information content (AvgIpc) is 3.19. The second-order valence-electron chi connectivity index (χ2n) is 8.37. The summed E-state index contributed by atoms with van der Waals surface area (Å²) in [5.74, 6) is 2.35. The van der Waals surface area contributed by atoms with Crippen molar-refractivity contribution in [3.05, 3.63) is 90.9 Å². The maximum Gasteiger partial charge on any atom is 0.247 e. The molecule has 5 aromatic rings. The standard InChI is InChI=1S/C28H21N5O3/c1-3-22(34)33-19-9-7-17(8-10-19)26-24-21-12-11-20(35-23-6-4-5-16(2)32-23)13-18(21)14-29-27-25(24)28(36-26)31-15-30-27/h3-13,15H,1,14H2,2H3,(H,33,34)(H,29,30,31). The molecule has 8 nitrogen and oxygen atoms in total. The Morgan fingerprint density at radius 3 is 2.81 bits per heavy atom. The number of carbonyl (C=O) groups excluding carboxylic acids is 1. The number of carbonyl (C=O) groups is 1. The number of aryl methyl sites for hydroxylation is 1. The van der Waals surface area contributed by atoms with Gasteiger partial charge < -0.3 is 19.8 Å². The molecule has 2 N–H and O–H groups in total. The van der Waals surface area contributed by atoms with Gasteiger partial charge in [-0.3, -0.25) is 4.79 Å². The number of aromatic nitrogens is 3. The van der Waals surface area contributed by atoms with Crippen LogP contribution in [0.3, 0.4) is 0 Å². The van der Waals surface area contributed by atoms with Crippen LogP contribution in [0.25, 0.3) is 33.6 Å². The predicted octanol–water partition coefficient (Wildman–Crippen LogP) is 6.10. The van der Waals surface area contributed by atoms with E-state index >= 15 is 0 Å². The number of fused-ring (bicyclic) bond motifs is 2. The summed E-state index contributed by atoms with van der Waals surface area (Å²) in [5.41, 5.74) is 5.83. The van der Waals surface area contributed by atoms with Crippen LogP contribution in [0.5, 0.6) is 11.6 Å². The fraction of sp³-hybridized carbons (Fsp3) is 0.0714. The minimum Gasteiger partial charge on any atom is -0.439 e. The monoisotopic (exact) mass is 475 g/mol. The van der Waals surface area contributed by atoms with Gasteiger partial charge in [0, 0.05) is 35.1 Å². The number of ether oxygens (including phenoxy) is 1. The molecule has 3 aromatic heterocycles. The number of anilines is 2. The van der Waals surface area contributed by atoms with Crippen molar-refractivity contribution in [2.24, 2.45) is 0 Å². The molecule has 0 fully saturated rings. The van der Waals surface area contributed by atoms with Gasteiger partial charge in [-0.15, -0.1) is 0 Å². The highest BCUT2D eigenvalue weighted by molar-refractivity contribution is 6.07. The van der Waals surface area contributed by atoms with Crippen molar-refractivity contribution in [1.29, 1.82) is 0 Å². The second kappa shape index (κ2) is 8.66. The fourth-order valence-corrected chi connectivity index (χ4v) is 4.32. The topological polar surface area (TPSA) is 102 Å². The van der Waals surface area contributed by atoms with Crippen LogP contribution in [0.1, 0.15) is 11.3 Å². The van der Waals surface area contributed by atoms with Gasteiger partial charge in [0.2, 0.25) is 17.5 Å². The molecule has 0 saturated carbocycles. The van der Waals surface area contributed by atoms with Crippen LogP contribution in [0.2, 0.25) is 0 Å². The predicted molar refractivity (Wildman–Crippen MR) is 138 cm³/mol. The fourth-order valence-electron chi connectivity index (χ4n) is 4.32. The Morgan fingerprint density at radius 1 is 1.14 bits per heavy atom. The lowest BCUT2D eigenvalue weighted by Crippen LogP contribution is -2.06. The number of amides is 1. The van der Waals surface area contributed by atoms with Gasteiger partial charge in [0.15, 0.2) is 0 Å². The first-order valence-electron chi connectivity index (χ1n) is 11.4. The summed E-state index contributed by atoms with van der Waals surface area (Å²) >= 11 is 0. The van der Waals surface area contributed by atoms with Gasteiger partial charge in [-0.25, -0.2) is 15.0 Å². The largest absolute Gasteiger partial charge is 0.439 e. The first-order chi connectivity index (χ1) is 17.6. The van der Waals surface area contributed by atoms with Crippen molar-refractivity contribution in [3.8, 4) is 34.1 Å². The Morgan fingerprint density at radius 2 is 2.00 bits per heavy atom. The Bertz CT molecular complexity index is 1640. The Kier molecular flexibility index (Phi) is 5.19. The first-order valence-corrected chi connectivity index (χ1v) is 11.4. The molecule has 0 unspecified atom stereocenters. The van der Waals surface area contributed by atoms with Crippen LogP contribution in [0.4, 0.5) is 11.5 Å². The van der Waals surface area contributed by atoms with E-state index in [-0.39, 0.29) is 5.91 Å². The van der Waals surface area contributed by atoms with Crippen molar-refractivity contribution < 1.29 is 13.9 Å². The summed E-state index contributed by atoms with van der Waals surface area (Å²) in [6, 6.07) is 19.1. The zero-order valence-corrected chi connectivity index (χ0v) is 19.4. The molecule has 176 valence electrons. The number of furan rings is 1. The molecule has 0 aliphatic carbocycles. The molecule has 0 spiro atoms. The quantitative estimate of drug-likeness (QED) is 0.296. The van der Waals surface area contributed by atoms with Gasteiger partial charge in [0.25, 0.3) is 0 Å². The lowest BCUT2D eigenvalue weighted by molar-refractivity contribution is -0.111. The molecule has 1 aliphatic rings. The van der Waals surface area contributed by atoms with Crippen LogP contribution in [0.15, 0.2) is 84.1 Å². The van der Waals surface area contributed by atoms with Crippen LogP contribution in [-0.4, -0.2) is 20.9 Å². The normalized spacial score (nSPS) is 11.8. The Balaban J connectivity index is 1.45. The molecule has 0 saturated heterocycles. The van der Waals surface area contributed by atoms with E-state index in [1.807, 2.05) is 67.6 Å². The molecule has 2 aromatic carbocycles. The average molecular weight is 476 g/mol. The van der Waals surface area contributed by atoms with Crippen LogP contribution >= 0.6 is 0 Å². The maximum absolute atomic E-state index is 11.7. The summed E-state index contributed by atoms with van der Waals surface area (Å²) in [6.45, 7) is 5.97. The molecule has 8 heteroatoms. The van der Waals surface area contributed by atoms with E-state index in [1.54, 1.807) is 0 Å². The summed E-state index contributed by atoms with van der Waals surface area (Å²) in [4.78, 5) is 24.9. The highest BCUT2D eigenvalue weighted by atomic mass is 16.5. The summed E-state index contributed by atoms with van der Waals surface area (Å²) in [7, 11) is 0. The third-order valence-corrected chi connectivity index (χ3v) is 5.97. The zero-order chi connectivity index (χ0) is 24.6. The van der Waals surface area contributed by atoms with Gasteiger partial charge in [-0.05, 0) is 66.6 Å². The Hall–Kier alpha value is -4.98. The molecule has 1 amide bonds. The third kappa shape index (κ3) is 3.84. The smallest absolute Gasteiger partial charge is 0.247 e. The van der Waals surface area contributed by atoms with E-state index in [4.69, 9.17) is 9.15 Å². The van der Waals surface area contributed by atoms with E-state index < -0.39 is 0 Å². The molecule has 0 radical (unpaired) electrons. The highest BCUT2D eigenvalue weighted by Crippen LogP contribution is 2.46. The van der Waals surface area contributed by atoms with Crippen LogP contribution < -0.4 is 15.4 Å². The molecular formula is C28H21N5O3. The van der Waals surface area contributed by atoms with Gasteiger partial charge >= 0.3 is 0 Å². The summed E-state index contributed by atoms with van der Waals surface area (Å²) in [5, 5.41) is 6.99. The van der Waals surface area contributed by atoms with E-state index in [2.05, 4.69) is 32.2 Å². The van der Waals surface area contributed by atoms with E-state index in [0.717, 1.165) is 33.3 Å². The van der Waals surface area contributed by atoms with Crippen molar-refractivity contribution in [3.63, 3.8) is 0 Å². The number of nitrogens with one attached hydrogen (secondary N) is 2. The first kappa shape index (κ1) is 21.5. The minimum absolute atomic E-state index is 0.267. The molecule has 4 heterocycles. The lowest BCUT2D eigenvalue weighted by Gasteiger charge is -2.12. The van der Waals surface area contributed by atoms with Gasteiger partial charge in [-0.1, -0.05) is 18.7 Å². The SMILES string of the molecule is C=CC(=O)Nc1ccc(-c2oc3ncnc4c3c2-c2ccc(Oc3cccc(C)n3)cc2CN4)cc1. The Labute approximate surface area is 206 Å². The maximum atomic E-state index is 11.7. The molecule has 6 rings (SSSR count). The summed E-state index contributed by atoms with van der Waals surface area (Å²) in [6.07, 6.45) is 2.72. The number of pyridine rings is 1. The second-order valence-corrected chi connectivity index (χ2v) is 8.37. The van der Waals surface area contributed by atoms with Crippen LogP contribution in [-0.2, 0) is 11.3 Å². The van der Waals surface area contributed by atoms with E-state index in [1.165, 1.54) is 12.4 Å². The van der Waals surface area contributed by atoms with Gasteiger partial charge in [-0.2, -0.15) is 0 Å². The molecular weight excluding hydrogens is 454 g/mol. The number of benzene rings is 2. The number of rotatable bonds is 5. The molecule has 1 aliphatic heterocycles. The van der Waals surface area contributed by atoms with Crippen molar-refractivity contribution in [1.82, 2.24) is 15.0 Å². The lowest BCUT2D eigenvalue weighted by atomic mass is 9.96. The van der Waals surface area contributed by atoms with E-state index in [9.17, 15) is 4.79 Å². The van der Waals surface area contributed by atoms with Crippen molar-refractivity contribution in [2.75, 3.05) is 10.6 Å². The molecule has 0 atom stereocenters. The van der Waals surface area contributed by atoms with Crippen molar-refractivity contribution in [2.45, 2.75) is 13.5 Å². The van der Waals surface area contributed by atoms with E-state index in [0.29, 0.717) is 41.2 Å². The molecule has 0 bridgehead atoms. The third-order valence-electron chi connectivity index (χ3n) is 5.97. The minimum atomic E-state index is -0.267. The number of hydrogen-bond donors (Lipinski definition) is 2. The number of nitrogens with zero attached hydrogens (tertiary/aromatic N) is 3. The highest BCUT2D eigenvalue weighted by Gasteiger charge is 2.26. The summed E-state index contributed by atoms with van der Waals surface area (Å²) < 4.78 is 12.3.